The third-order valence-electron chi connectivity index (χ3n) is 2.80. The molecule has 1 aromatic carbocycles. The Kier molecular flexibility index (Phi) is 3.27. The molecule has 2 rings (SSSR count). The van der Waals surface area contributed by atoms with Crippen LogP contribution in [0, 0.1) is 17.2 Å². The number of nitriles is 1. The molecule has 0 N–H and O–H groups in total. The number of nitrogens with zero attached hydrogens (tertiary/aromatic N) is 2. The van der Waals surface area contributed by atoms with Gasteiger partial charge >= 0.3 is 0 Å². The molecule has 0 aromatic heterocycles. The molecule has 3 heteroatoms. The topological polar surface area (TPSA) is 27.0 Å². The summed E-state index contributed by atoms with van der Waals surface area (Å²) in [6, 6.07) is 10.7. The third kappa shape index (κ3) is 2.51. The van der Waals surface area contributed by atoms with Crippen molar-refractivity contribution in [2.24, 2.45) is 5.92 Å². The van der Waals surface area contributed by atoms with Crippen molar-refractivity contribution in [2.45, 2.75) is 12.8 Å². The van der Waals surface area contributed by atoms with Gasteiger partial charge in [0.1, 0.15) is 0 Å². The molecule has 0 spiro atoms. The summed E-state index contributed by atoms with van der Waals surface area (Å²) in [7, 11) is 0. The summed E-state index contributed by atoms with van der Waals surface area (Å²) < 4.78 is 1.10. The lowest BCUT2D eigenvalue weighted by atomic mass is 9.99. The van der Waals surface area contributed by atoms with E-state index in [9.17, 15) is 0 Å². The average Bonchev–Trinajstić information content (AvgIpc) is 2.30. The summed E-state index contributed by atoms with van der Waals surface area (Å²) in [5, 5.41) is 8.92. The van der Waals surface area contributed by atoms with E-state index in [2.05, 4.69) is 39.0 Å². The first kappa shape index (κ1) is 10.5. The van der Waals surface area contributed by atoms with Gasteiger partial charge in [-0.3, -0.25) is 0 Å². The SMILES string of the molecule is N#CC1CCCN(c2ccc(Br)cc2)C1. The summed E-state index contributed by atoms with van der Waals surface area (Å²) in [4.78, 5) is 2.30. The standard InChI is InChI=1S/C12H13BrN2/c13-11-3-5-12(6-4-11)15-7-1-2-10(8-14)9-15/h3-6,10H,1-2,7,9H2. The van der Waals surface area contributed by atoms with E-state index in [1.54, 1.807) is 0 Å². The fourth-order valence-electron chi connectivity index (χ4n) is 1.97. The second kappa shape index (κ2) is 4.67. The summed E-state index contributed by atoms with van der Waals surface area (Å²) in [6.07, 6.45) is 2.16. The Morgan fingerprint density at radius 1 is 1.33 bits per heavy atom. The van der Waals surface area contributed by atoms with E-state index in [1.807, 2.05) is 12.1 Å². The molecule has 2 nitrogen and oxygen atoms in total. The predicted octanol–water partition coefficient (Wildman–Crippen LogP) is 3.19. The Morgan fingerprint density at radius 2 is 2.07 bits per heavy atom. The van der Waals surface area contributed by atoms with Gasteiger partial charge in [-0.1, -0.05) is 15.9 Å². The first-order valence-corrected chi connectivity index (χ1v) is 5.99. The molecule has 0 bridgehead atoms. The highest BCUT2D eigenvalue weighted by molar-refractivity contribution is 9.10. The zero-order valence-electron chi connectivity index (χ0n) is 8.49. The van der Waals surface area contributed by atoms with Gasteiger partial charge in [-0.2, -0.15) is 5.26 Å². The van der Waals surface area contributed by atoms with Crippen LogP contribution >= 0.6 is 15.9 Å². The first-order chi connectivity index (χ1) is 7.29. The molecular weight excluding hydrogens is 252 g/mol. The van der Waals surface area contributed by atoms with E-state index in [0.29, 0.717) is 0 Å². The molecule has 0 aliphatic carbocycles. The van der Waals surface area contributed by atoms with Crippen LogP contribution in [0.25, 0.3) is 0 Å². The van der Waals surface area contributed by atoms with E-state index in [-0.39, 0.29) is 5.92 Å². The number of hydrogen-bond donors (Lipinski definition) is 0. The molecule has 1 saturated heterocycles. The van der Waals surface area contributed by atoms with E-state index in [4.69, 9.17) is 5.26 Å². The highest BCUT2D eigenvalue weighted by Crippen LogP contribution is 2.24. The second-order valence-corrected chi connectivity index (χ2v) is 4.81. The molecule has 1 fully saturated rings. The maximum Gasteiger partial charge on any atom is 0.0674 e. The number of halogens is 1. The van der Waals surface area contributed by atoms with Crippen LogP contribution in [0.15, 0.2) is 28.7 Å². The van der Waals surface area contributed by atoms with Gasteiger partial charge < -0.3 is 4.90 Å². The Labute approximate surface area is 98.6 Å². The van der Waals surface area contributed by atoms with Gasteiger partial charge in [0.2, 0.25) is 0 Å². The van der Waals surface area contributed by atoms with Crippen LogP contribution in [-0.4, -0.2) is 13.1 Å². The van der Waals surface area contributed by atoms with Crippen LogP contribution in [-0.2, 0) is 0 Å². The fourth-order valence-corrected chi connectivity index (χ4v) is 2.23. The first-order valence-electron chi connectivity index (χ1n) is 5.20. The maximum absolute atomic E-state index is 8.92. The van der Waals surface area contributed by atoms with E-state index >= 15 is 0 Å². The molecule has 1 aliphatic rings. The van der Waals surface area contributed by atoms with Gasteiger partial charge in [0.25, 0.3) is 0 Å². The molecule has 0 radical (unpaired) electrons. The molecule has 0 amide bonds. The minimum absolute atomic E-state index is 0.197. The van der Waals surface area contributed by atoms with E-state index < -0.39 is 0 Å². The summed E-state index contributed by atoms with van der Waals surface area (Å²) >= 11 is 3.42. The van der Waals surface area contributed by atoms with Gasteiger partial charge in [-0.15, -0.1) is 0 Å². The Hall–Kier alpha value is -1.01. The molecule has 0 saturated carbocycles. The van der Waals surface area contributed by atoms with E-state index in [1.165, 1.54) is 5.69 Å². The molecule has 1 heterocycles. The van der Waals surface area contributed by atoms with Crippen LogP contribution in [0.1, 0.15) is 12.8 Å². The summed E-state index contributed by atoms with van der Waals surface area (Å²) in [5.74, 6) is 0.197. The van der Waals surface area contributed by atoms with Crippen LogP contribution < -0.4 is 4.90 Å². The average molecular weight is 265 g/mol. The number of piperidine rings is 1. The second-order valence-electron chi connectivity index (χ2n) is 3.89. The van der Waals surface area contributed by atoms with E-state index in [0.717, 1.165) is 30.4 Å². The smallest absolute Gasteiger partial charge is 0.0674 e. The van der Waals surface area contributed by atoms with Crippen LogP contribution in [0.4, 0.5) is 5.69 Å². The van der Waals surface area contributed by atoms with Gasteiger partial charge in [0.05, 0.1) is 12.0 Å². The van der Waals surface area contributed by atoms with Crippen molar-refractivity contribution >= 4 is 21.6 Å². The Balaban J connectivity index is 2.10. The van der Waals surface area contributed by atoms with Crippen LogP contribution in [0.2, 0.25) is 0 Å². The normalized spacial score (nSPS) is 21.1. The van der Waals surface area contributed by atoms with Crippen molar-refractivity contribution in [2.75, 3.05) is 18.0 Å². The molecule has 1 atom stereocenters. The summed E-state index contributed by atoms with van der Waals surface area (Å²) in [6.45, 7) is 1.94. The minimum Gasteiger partial charge on any atom is -0.370 e. The van der Waals surface area contributed by atoms with Gasteiger partial charge in [0.15, 0.2) is 0 Å². The van der Waals surface area contributed by atoms with Crippen molar-refractivity contribution in [3.8, 4) is 6.07 Å². The largest absolute Gasteiger partial charge is 0.370 e. The highest BCUT2D eigenvalue weighted by atomic mass is 79.9. The molecule has 1 aliphatic heterocycles. The highest BCUT2D eigenvalue weighted by Gasteiger charge is 2.19. The molecule has 1 aromatic rings. The zero-order chi connectivity index (χ0) is 10.7. The Morgan fingerprint density at radius 3 is 2.73 bits per heavy atom. The Bertz CT molecular complexity index is 366. The quantitative estimate of drug-likeness (QED) is 0.779. The third-order valence-corrected chi connectivity index (χ3v) is 3.32. The van der Waals surface area contributed by atoms with Crippen molar-refractivity contribution in [3.05, 3.63) is 28.7 Å². The number of benzene rings is 1. The van der Waals surface area contributed by atoms with Gasteiger partial charge in [0, 0.05) is 23.2 Å². The lowest BCUT2D eigenvalue weighted by Crippen LogP contribution is -2.34. The lowest BCUT2D eigenvalue weighted by molar-refractivity contribution is 0.493. The lowest BCUT2D eigenvalue weighted by Gasteiger charge is -2.31. The number of anilines is 1. The molecule has 15 heavy (non-hydrogen) atoms. The number of rotatable bonds is 1. The van der Waals surface area contributed by atoms with Gasteiger partial charge in [-0.05, 0) is 37.1 Å². The summed E-state index contributed by atoms with van der Waals surface area (Å²) in [5.41, 5.74) is 1.22. The van der Waals surface area contributed by atoms with Gasteiger partial charge in [-0.25, -0.2) is 0 Å². The van der Waals surface area contributed by atoms with Crippen molar-refractivity contribution in [3.63, 3.8) is 0 Å². The monoisotopic (exact) mass is 264 g/mol. The van der Waals surface area contributed by atoms with Crippen molar-refractivity contribution < 1.29 is 0 Å². The molecular formula is C12H13BrN2. The fraction of sp³-hybridized carbons (Fsp3) is 0.417. The molecule has 78 valence electrons. The van der Waals surface area contributed by atoms with Crippen LogP contribution in [0.5, 0.6) is 0 Å². The van der Waals surface area contributed by atoms with Crippen molar-refractivity contribution in [1.29, 1.82) is 5.26 Å². The van der Waals surface area contributed by atoms with Crippen LogP contribution in [0.3, 0.4) is 0 Å². The van der Waals surface area contributed by atoms with Crippen molar-refractivity contribution in [1.82, 2.24) is 0 Å². The molecule has 1 unspecified atom stereocenters. The predicted molar refractivity (Wildman–Crippen MR) is 64.7 cm³/mol. The zero-order valence-corrected chi connectivity index (χ0v) is 10.1. The number of hydrogen-bond acceptors (Lipinski definition) is 2. The minimum atomic E-state index is 0.197. The maximum atomic E-state index is 8.92.